The van der Waals surface area contributed by atoms with E-state index in [0.717, 1.165) is 0 Å². The van der Waals surface area contributed by atoms with E-state index < -0.39 is 20.1 Å². The Kier molecular flexibility index (Phi) is 13.3. The minimum Gasteiger partial charge on any atom is -0.848 e. The van der Waals surface area contributed by atoms with Crippen molar-refractivity contribution in [2.24, 2.45) is 0 Å². The summed E-state index contributed by atoms with van der Waals surface area (Å²) in [5.41, 5.74) is 0. The van der Waals surface area contributed by atoms with Gasteiger partial charge in [0.15, 0.2) is 0 Å². The van der Waals surface area contributed by atoms with Crippen molar-refractivity contribution < 1.29 is 52.2 Å². The SMILES string of the molecule is OB(O)O.[Li+].[O-]CC(F)(F)F. The number of hydrogen-bond acceptors (Lipinski definition) is 4. The quantitative estimate of drug-likeness (QED) is 0.316. The van der Waals surface area contributed by atoms with E-state index in [1.54, 1.807) is 0 Å². The summed E-state index contributed by atoms with van der Waals surface area (Å²) in [7, 11) is -2.17. The van der Waals surface area contributed by atoms with Crippen LogP contribution in [0.3, 0.4) is 0 Å². The second kappa shape index (κ2) is 8.39. The summed E-state index contributed by atoms with van der Waals surface area (Å²) in [6.07, 6.45) is -4.51. The smallest absolute Gasteiger partial charge is 0.848 e. The molecule has 4 nitrogen and oxygen atoms in total. The largest absolute Gasteiger partial charge is 1.00 e. The molecule has 0 amide bonds. The van der Waals surface area contributed by atoms with E-state index in [2.05, 4.69) is 0 Å². The summed E-state index contributed by atoms with van der Waals surface area (Å²) in [5, 5.41) is 30.3. The van der Waals surface area contributed by atoms with Gasteiger partial charge in [-0.15, -0.1) is 0 Å². The first-order chi connectivity index (χ1) is 4.29. The first kappa shape index (κ1) is 17.4. The van der Waals surface area contributed by atoms with Crippen LogP contribution in [0.15, 0.2) is 0 Å². The van der Waals surface area contributed by atoms with Gasteiger partial charge in [0, 0.05) is 0 Å². The normalized spacial score (nSPS) is 9.00. The van der Waals surface area contributed by atoms with Crippen LogP contribution in [0.4, 0.5) is 13.2 Å². The van der Waals surface area contributed by atoms with Crippen LogP contribution >= 0.6 is 0 Å². The van der Waals surface area contributed by atoms with E-state index in [4.69, 9.17) is 20.2 Å². The van der Waals surface area contributed by atoms with Crippen molar-refractivity contribution in [2.45, 2.75) is 6.18 Å². The molecule has 0 saturated carbocycles. The fourth-order valence-electron chi connectivity index (χ4n) is 0. The maximum atomic E-state index is 10.5. The molecule has 0 radical (unpaired) electrons. The molecule has 3 N–H and O–H groups in total. The van der Waals surface area contributed by atoms with Crippen molar-refractivity contribution in [1.82, 2.24) is 0 Å². The molecule has 0 saturated heterocycles. The van der Waals surface area contributed by atoms with Gasteiger partial charge < -0.3 is 20.2 Å². The van der Waals surface area contributed by atoms with Gasteiger partial charge in [-0.1, -0.05) is 0 Å². The first-order valence-electron chi connectivity index (χ1n) is 1.98. The molecule has 0 heterocycles. The van der Waals surface area contributed by atoms with Crippen LogP contribution in [-0.4, -0.2) is 35.2 Å². The monoisotopic (exact) mass is 168 g/mol. The van der Waals surface area contributed by atoms with Gasteiger partial charge >= 0.3 is 32.4 Å². The predicted molar refractivity (Wildman–Crippen MR) is 23.3 cm³/mol. The van der Waals surface area contributed by atoms with Crippen molar-refractivity contribution in [1.29, 1.82) is 0 Å². The number of alkyl halides is 3. The van der Waals surface area contributed by atoms with Crippen LogP contribution in [0.1, 0.15) is 0 Å². The molecule has 11 heavy (non-hydrogen) atoms. The number of hydrogen-bond donors (Lipinski definition) is 3. The van der Waals surface area contributed by atoms with Gasteiger partial charge in [-0.25, -0.2) is 0 Å². The zero-order valence-electron chi connectivity index (χ0n) is 5.67. The van der Waals surface area contributed by atoms with Crippen molar-refractivity contribution in [3.63, 3.8) is 0 Å². The Morgan fingerprint density at radius 3 is 1.27 bits per heavy atom. The van der Waals surface area contributed by atoms with Gasteiger partial charge in [0.25, 0.3) is 0 Å². The van der Waals surface area contributed by atoms with Crippen molar-refractivity contribution in [2.75, 3.05) is 6.61 Å². The van der Waals surface area contributed by atoms with Crippen molar-refractivity contribution in [3.8, 4) is 0 Å². The van der Waals surface area contributed by atoms with E-state index in [9.17, 15) is 13.2 Å². The van der Waals surface area contributed by atoms with Gasteiger partial charge in [0.05, 0.1) is 0 Å². The third-order valence-corrected chi connectivity index (χ3v) is 0.164. The summed E-state index contributed by atoms with van der Waals surface area (Å²) < 4.78 is 31.4. The minimum atomic E-state index is -4.51. The molecule has 0 fully saturated rings. The molecule has 0 atom stereocenters. The molecule has 0 aliphatic rings. The molecule has 0 aromatic heterocycles. The van der Waals surface area contributed by atoms with Crippen LogP contribution in [-0.2, 0) is 0 Å². The van der Waals surface area contributed by atoms with Crippen molar-refractivity contribution >= 4 is 7.32 Å². The zero-order valence-corrected chi connectivity index (χ0v) is 5.67. The molecule has 0 aliphatic carbocycles. The van der Waals surface area contributed by atoms with Crippen LogP contribution in [0, 0.1) is 0 Å². The standard InChI is InChI=1S/C2H2F3O.BH3O3.Li/c3-2(4,5)1-6;2-1(3)4;/h1H2;2-4H;/q-1;;+1. The fraction of sp³-hybridized carbons (Fsp3) is 1.00. The molecule has 0 spiro atoms. The molecule has 0 aliphatic heterocycles. The van der Waals surface area contributed by atoms with Gasteiger partial charge in [0.2, 0.25) is 0 Å². The topological polar surface area (TPSA) is 83.8 Å². The van der Waals surface area contributed by atoms with Crippen LogP contribution in [0.5, 0.6) is 0 Å². The Morgan fingerprint density at radius 2 is 1.27 bits per heavy atom. The summed E-state index contributed by atoms with van der Waals surface area (Å²) in [6.45, 7) is -1.98. The molecule has 0 rings (SSSR count). The summed E-state index contributed by atoms with van der Waals surface area (Å²) in [4.78, 5) is 0. The molecule has 0 aromatic carbocycles. The average Bonchev–Trinajstić information content (AvgIpc) is 1.63. The maximum absolute atomic E-state index is 10.5. The van der Waals surface area contributed by atoms with E-state index in [-0.39, 0.29) is 18.9 Å². The van der Waals surface area contributed by atoms with Gasteiger partial charge in [-0.05, 0) is 6.61 Å². The first-order valence-corrected chi connectivity index (χ1v) is 1.98. The summed E-state index contributed by atoms with van der Waals surface area (Å²) in [6, 6.07) is 0. The minimum absolute atomic E-state index is 0. The molecule has 9 heteroatoms. The number of halogens is 3. The Hall–Kier alpha value is 0.292. The van der Waals surface area contributed by atoms with E-state index >= 15 is 0 Å². The molecule has 0 aromatic rings. The van der Waals surface area contributed by atoms with Gasteiger partial charge in [-0.2, -0.15) is 13.2 Å². The molecule has 62 valence electrons. The number of rotatable bonds is 0. The zero-order chi connectivity index (χ0) is 8.78. The summed E-state index contributed by atoms with van der Waals surface area (Å²) in [5.74, 6) is 0. The third-order valence-electron chi connectivity index (χ3n) is 0.164. The Morgan fingerprint density at radius 1 is 1.18 bits per heavy atom. The van der Waals surface area contributed by atoms with Crippen LogP contribution in [0.2, 0.25) is 0 Å². The van der Waals surface area contributed by atoms with Crippen LogP contribution < -0.4 is 24.0 Å². The summed E-state index contributed by atoms with van der Waals surface area (Å²) >= 11 is 0. The Bertz CT molecular complexity index is 75.5. The van der Waals surface area contributed by atoms with Crippen molar-refractivity contribution in [3.05, 3.63) is 0 Å². The molecular formula is C2H5BF3LiO4. The third kappa shape index (κ3) is 65.3. The molecule has 0 unspecified atom stereocenters. The Balaban J connectivity index is -0.000000114. The second-order valence-electron chi connectivity index (χ2n) is 1.11. The predicted octanol–water partition coefficient (Wildman–Crippen LogP) is -5.14. The molecular weight excluding hydrogens is 163 g/mol. The van der Waals surface area contributed by atoms with Crippen LogP contribution in [0.25, 0.3) is 0 Å². The van der Waals surface area contributed by atoms with Gasteiger partial charge in [0.1, 0.15) is 0 Å². The average molecular weight is 168 g/mol. The fourth-order valence-corrected chi connectivity index (χ4v) is 0. The van der Waals surface area contributed by atoms with E-state index in [1.165, 1.54) is 0 Å². The van der Waals surface area contributed by atoms with E-state index in [1.807, 2.05) is 0 Å². The maximum Gasteiger partial charge on any atom is 1.00 e. The second-order valence-corrected chi connectivity index (χ2v) is 1.11. The van der Waals surface area contributed by atoms with E-state index in [0.29, 0.717) is 0 Å². The molecule has 0 bridgehead atoms. The van der Waals surface area contributed by atoms with Gasteiger partial charge in [-0.3, -0.25) is 0 Å². The Labute approximate surface area is 73.0 Å².